The van der Waals surface area contributed by atoms with Crippen LogP contribution >= 0.6 is 0 Å². The van der Waals surface area contributed by atoms with Crippen molar-refractivity contribution in [3.8, 4) is 0 Å². The maximum Gasteiger partial charge on any atom is 0.251 e. The molecule has 1 fully saturated rings. The molecule has 1 aliphatic heterocycles. The molecule has 1 atom stereocenters. The van der Waals surface area contributed by atoms with Gasteiger partial charge in [-0.3, -0.25) is 4.79 Å². The Labute approximate surface area is 118 Å². The lowest BCUT2D eigenvalue weighted by atomic mass is 10.2. The molecule has 1 aliphatic rings. The van der Waals surface area contributed by atoms with E-state index in [1.807, 2.05) is 0 Å². The molecular formula is C13H18N2O4S. The summed E-state index contributed by atoms with van der Waals surface area (Å²) in [5.74, 6) is -0.249. The highest BCUT2D eigenvalue weighted by atomic mass is 32.2. The number of benzene rings is 1. The van der Waals surface area contributed by atoms with Crippen LogP contribution in [0.4, 0.5) is 0 Å². The summed E-state index contributed by atoms with van der Waals surface area (Å²) < 4.78 is 32.0. The first kappa shape index (κ1) is 15.0. The molecule has 0 aromatic heterocycles. The topological polar surface area (TPSA) is 84.5 Å². The fraction of sp³-hybridized carbons (Fsp3) is 0.462. The fourth-order valence-corrected chi connectivity index (χ4v) is 3.09. The van der Waals surface area contributed by atoms with Crippen LogP contribution < -0.4 is 10.0 Å². The summed E-state index contributed by atoms with van der Waals surface area (Å²) in [4.78, 5) is 11.5. The molecule has 6 nitrogen and oxygen atoms in total. The highest BCUT2D eigenvalue weighted by Gasteiger charge is 2.20. The van der Waals surface area contributed by atoms with Gasteiger partial charge in [0.2, 0.25) is 10.0 Å². The van der Waals surface area contributed by atoms with Crippen LogP contribution in [0.15, 0.2) is 29.2 Å². The standard InChI is InChI=1S/C13H18N2O4S/c1-14-13(16)10-4-6-12(7-5-10)20(17,18)15-9-11-3-2-8-19-11/h4-7,11,15H,2-3,8-9H2,1H3,(H,14,16). The lowest BCUT2D eigenvalue weighted by molar-refractivity contribution is 0.0963. The molecule has 1 heterocycles. The van der Waals surface area contributed by atoms with Crippen LogP contribution in [0.3, 0.4) is 0 Å². The maximum atomic E-state index is 12.1. The molecule has 1 aromatic rings. The Morgan fingerprint density at radius 2 is 2.05 bits per heavy atom. The third-order valence-corrected chi connectivity index (χ3v) is 4.62. The molecule has 1 unspecified atom stereocenters. The molecule has 0 radical (unpaired) electrons. The van der Waals surface area contributed by atoms with Gasteiger partial charge in [-0.2, -0.15) is 0 Å². The smallest absolute Gasteiger partial charge is 0.251 e. The van der Waals surface area contributed by atoms with E-state index in [4.69, 9.17) is 4.74 Å². The van der Waals surface area contributed by atoms with E-state index in [-0.39, 0.29) is 23.5 Å². The van der Waals surface area contributed by atoms with Gasteiger partial charge in [0.25, 0.3) is 5.91 Å². The van der Waals surface area contributed by atoms with Crippen molar-refractivity contribution in [1.29, 1.82) is 0 Å². The van der Waals surface area contributed by atoms with Crippen molar-refractivity contribution in [3.63, 3.8) is 0 Å². The molecule has 0 aliphatic carbocycles. The Bertz CT molecular complexity index is 563. The van der Waals surface area contributed by atoms with E-state index in [1.54, 1.807) is 0 Å². The van der Waals surface area contributed by atoms with Crippen LogP contribution in [0, 0.1) is 0 Å². The van der Waals surface area contributed by atoms with E-state index in [2.05, 4.69) is 10.0 Å². The Kier molecular flexibility index (Phi) is 4.74. The number of sulfonamides is 1. The van der Waals surface area contributed by atoms with Crippen LogP contribution in [0.5, 0.6) is 0 Å². The molecule has 0 spiro atoms. The van der Waals surface area contributed by atoms with Gasteiger partial charge in [0.1, 0.15) is 0 Å². The van der Waals surface area contributed by atoms with E-state index in [0.29, 0.717) is 12.2 Å². The zero-order valence-electron chi connectivity index (χ0n) is 11.3. The second kappa shape index (κ2) is 6.34. The van der Waals surface area contributed by atoms with Crippen molar-refractivity contribution in [3.05, 3.63) is 29.8 Å². The predicted octanol–water partition coefficient (Wildman–Crippen LogP) is 0.504. The Balaban J connectivity index is 2.03. The maximum absolute atomic E-state index is 12.1. The van der Waals surface area contributed by atoms with Gasteiger partial charge in [0.15, 0.2) is 0 Å². The summed E-state index contributed by atoms with van der Waals surface area (Å²) in [5, 5.41) is 2.48. The average Bonchev–Trinajstić information content (AvgIpc) is 2.98. The first-order chi connectivity index (χ1) is 9.53. The lowest BCUT2D eigenvalue weighted by Gasteiger charge is -2.11. The number of rotatable bonds is 5. The Morgan fingerprint density at radius 3 is 2.60 bits per heavy atom. The fourth-order valence-electron chi connectivity index (χ4n) is 2.02. The minimum atomic E-state index is -3.56. The van der Waals surface area contributed by atoms with Gasteiger partial charge in [-0.15, -0.1) is 0 Å². The number of hydrogen-bond acceptors (Lipinski definition) is 4. The summed E-state index contributed by atoms with van der Waals surface area (Å²) in [7, 11) is -2.03. The molecule has 2 N–H and O–H groups in total. The van der Waals surface area contributed by atoms with Crippen LogP contribution in [-0.2, 0) is 14.8 Å². The van der Waals surface area contributed by atoms with Crippen LogP contribution in [0.2, 0.25) is 0 Å². The van der Waals surface area contributed by atoms with E-state index in [1.165, 1.54) is 31.3 Å². The molecule has 0 bridgehead atoms. The van der Waals surface area contributed by atoms with Crippen LogP contribution in [0.1, 0.15) is 23.2 Å². The van der Waals surface area contributed by atoms with Crippen molar-refractivity contribution in [2.45, 2.75) is 23.8 Å². The van der Waals surface area contributed by atoms with Gasteiger partial charge in [0, 0.05) is 25.8 Å². The predicted molar refractivity (Wildman–Crippen MR) is 74.0 cm³/mol. The molecule has 0 saturated carbocycles. The number of carbonyl (C=O) groups excluding carboxylic acids is 1. The highest BCUT2D eigenvalue weighted by molar-refractivity contribution is 7.89. The second-order valence-corrected chi connectivity index (χ2v) is 6.36. The van der Waals surface area contributed by atoms with Gasteiger partial charge in [-0.05, 0) is 37.1 Å². The summed E-state index contributed by atoms with van der Waals surface area (Å²) in [5.41, 5.74) is 0.422. The first-order valence-corrected chi connectivity index (χ1v) is 7.94. The number of hydrogen-bond donors (Lipinski definition) is 2. The summed E-state index contributed by atoms with van der Waals surface area (Å²) in [6.45, 7) is 0.965. The Morgan fingerprint density at radius 1 is 1.35 bits per heavy atom. The molecule has 110 valence electrons. The Hall–Kier alpha value is -1.44. The van der Waals surface area contributed by atoms with E-state index in [0.717, 1.165) is 12.8 Å². The molecule has 2 rings (SSSR count). The quantitative estimate of drug-likeness (QED) is 0.829. The zero-order valence-corrected chi connectivity index (χ0v) is 12.1. The van der Waals surface area contributed by atoms with Crippen molar-refractivity contribution < 1.29 is 17.9 Å². The van der Waals surface area contributed by atoms with Gasteiger partial charge in [-0.25, -0.2) is 13.1 Å². The van der Waals surface area contributed by atoms with E-state index < -0.39 is 10.0 Å². The molecule has 1 aromatic carbocycles. The molecule has 1 amide bonds. The molecular weight excluding hydrogens is 280 g/mol. The van der Waals surface area contributed by atoms with Gasteiger partial charge >= 0.3 is 0 Å². The summed E-state index contributed by atoms with van der Waals surface area (Å²) >= 11 is 0. The number of ether oxygens (including phenoxy) is 1. The van der Waals surface area contributed by atoms with Gasteiger partial charge in [0.05, 0.1) is 11.0 Å². The SMILES string of the molecule is CNC(=O)c1ccc(S(=O)(=O)NCC2CCCO2)cc1. The van der Waals surface area contributed by atoms with E-state index >= 15 is 0 Å². The zero-order chi connectivity index (χ0) is 14.6. The average molecular weight is 298 g/mol. The van der Waals surface area contributed by atoms with Crippen LogP contribution in [-0.4, -0.2) is 40.6 Å². The lowest BCUT2D eigenvalue weighted by Crippen LogP contribution is -2.31. The largest absolute Gasteiger partial charge is 0.377 e. The van der Waals surface area contributed by atoms with Crippen molar-refractivity contribution in [1.82, 2.24) is 10.0 Å². The normalized spacial score (nSPS) is 18.9. The summed E-state index contributed by atoms with van der Waals surface area (Å²) in [6, 6.07) is 5.81. The first-order valence-electron chi connectivity index (χ1n) is 6.46. The minimum Gasteiger partial charge on any atom is -0.377 e. The third kappa shape index (κ3) is 3.56. The number of nitrogens with one attached hydrogen (secondary N) is 2. The monoisotopic (exact) mass is 298 g/mol. The van der Waals surface area contributed by atoms with Gasteiger partial charge < -0.3 is 10.1 Å². The minimum absolute atomic E-state index is 0.0464. The van der Waals surface area contributed by atoms with Gasteiger partial charge in [-0.1, -0.05) is 0 Å². The molecule has 20 heavy (non-hydrogen) atoms. The highest BCUT2D eigenvalue weighted by Crippen LogP contribution is 2.14. The van der Waals surface area contributed by atoms with Crippen molar-refractivity contribution >= 4 is 15.9 Å². The van der Waals surface area contributed by atoms with E-state index in [9.17, 15) is 13.2 Å². The van der Waals surface area contributed by atoms with Crippen molar-refractivity contribution in [2.24, 2.45) is 0 Å². The number of amides is 1. The number of carbonyl (C=O) groups is 1. The third-order valence-electron chi connectivity index (χ3n) is 3.18. The second-order valence-electron chi connectivity index (χ2n) is 4.59. The van der Waals surface area contributed by atoms with Crippen molar-refractivity contribution in [2.75, 3.05) is 20.2 Å². The molecule has 1 saturated heterocycles. The van der Waals surface area contributed by atoms with Crippen LogP contribution in [0.25, 0.3) is 0 Å². The molecule has 7 heteroatoms. The summed E-state index contributed by atoms with van der Waals surface area (Å²) in [6.07, 6.45) is 1.79.